The van der Waals surface area contributed by atoms with E-state index in [0.717, 1.165) is 12.8 Å². The highest BCUT2D eigenvalue weighted by Crippen LogP contribution is 2.13. The third-order valence-electron chi connectivity index (χ3n) is 2.98. The van der Waals surface area contributed by atoms with E-state index in [1.165, 1.54) is 12.1 Å². The number of hydrogen-bond acceptors (Lipinski definition) is 3. The average Bonchev–Trinajstić information content (AvgIpc) is 2.42. The molecule has 0 radical (unpaired) electrons. The van der Waals surface area contributed by atoms with E-state index in [2.05, 4.69) is 11.6 Å². The topological polar surface area (TPSA) is 66.5 Å². The van der Waals surface area contributed by atoms with Crippen LogP contribution in [0.1, 0.15) is 44.0 Å². The molecule has 6 heteroatoms. The highest BCUT2D eigenvalue weighted by molar-refractivity contribution is 7.89. The second kappa shape index (κ2) is 7.56. The van der Waals surface area contributed by atoms with E-state index < -0.39 is 10.0 Å². The van der Waals surface area contributed by atoms with Crippen molar-refractivity contribution in [1.82, 2.24) is 9.62 Å². The highest BCUT2D eigenvalue weighted by atomic mass is 32.2. The Hall–Kier alpha value is -1.40. The lowest BCUT2D eigenvalue weighted by Crippen LogP contribution is -2.31. The first kappa shape index (κ1) is 17.7. The zero-order valence-electron chi connectivity index (χ0n) is 13.1. The van der Waals surface area contributed by atoms with Crippen LogP contribution >= 0.6 is 0 Å². The molecule has 0 aliphatic rings. The summed E-state index contributed by atoms with van der Waals surface area (Å²) in [5.74, 6) is -0.162. The van der Waals surface area contributed by atoms with Crippen LogP contribution in [0, 0.1) is 0 Å². The van der Waals surface area contributed by atoms with Gasteiger partial charge in [-0.2, -0.15) is 0 Å². The van der Waals surface area contributed by atoms with Crippen molar-refractivity contribution >= 4 is 15.9 Å². The first-order valence-electron chi connectivity index (χ1n) is 7.15. The van der Waals surface area contributed by atoms with E-state index in [1.54, 1.807) is 37.9 Å². The average molecular weight is 312 g/mol. The second-order valence-electron chi connectivity index (χ2n) is 5.38. The second-order valence-corrected chi connectivity index (χ2v) is 7.10. The Morgan fingerprint density at radius 1 is 1.33 bits per heavy atom. The summed E-state index contributed by atoms with van der Waals surface area (Å²) < 4.78 is 26.8. The number of hydrogen-bond donors (Lipinski definition) is 1. The summed E-state index contributed by atoms with van der Waals surface area (Å²) in [6.45, 7) is 6.23. The summed E-state index contributed by atoms with van der Waals surface area (Å²) >= 11 is 0. The van der Waals surface area contributed by atoms with Gasteiger partial charge in [0.15, 0.2) is 0 Å². The van der Waals surface area contributed by atoms with Gasteiger partial charge >= 0.3 is 0 Å². The van der Waals surface area contributed by atoms with Crippen molar-refractivity contribution in [3.8, 4) is 0 Å². The Morgan fingerprint density at radius 3 is 2.57 bits per heavy atom. The van der Waals surface area contributed by atoms with Gasteiger partial charge in [-0.05, 0) is 38.5 Å². The van der Waals surface area contributed by atoms with Gasteiger partial charge < -0.3 is 4.90 Å². The molecular weight excluding hydrogens is 288 g/mol. The highest BCUT2D eigenvalue weighted by Gasteiger charge is 2.18. The van der Waals surface area contributed by atoms with Gasteiger partial charge in [0.2, 0.25) is 10.0 Å². The van der Waals surface area contributed by atoms with Gasteiger partial charge in [0.25, 0.3) is 5.91 Å². The van der Waals surface area contributed by atoms with Gasteiger partial charge in [0, 0.05) is 25.2 Å². The fourth-order valence-electron chi connectivity index (χ4n) is 1.89. The number of rotatable bonds is 7. The van der Waals surface area contributed by atoms with Gasteiger partial charge in [-0.25, -0.2) is 13.1 Å². The third kappa shape index (κ3) is 5.13. The van der Waals surface area contributed by atoms with Crippen LogP contribution < -0.4 is 4.72 Å². The Morgan fingerprint density at radius 2 is 2.00 bits per heavy atom. The Kier molecular flexibility index (Phi) is 6.36. The van der Waals surface area contributed by atoms with Gasteiger partial charge in [-0.15, -0.1) is 0 Å². The van der Waals surface area contributed by atoms with Crippen LogP contribution in [-0.4, -0.2) is 38.9 Å². The third-order valence-corrected chi connectivity index (χ3v) is 4.63. The van der Waals surface area contributed by atoms with E-state index in [-0.39, 0.29) is 16.8 Å². The van der Waals surface area contributed by atoms with Crippen LogP contribution in [-0.2, 0) is 10.0 Å². The fraction of sp³-hybridized carbons (Fsp3) is 0.533. The lowest BCUT2D eigenvalue weighted by Gasteiger charge is -2.17. The van der Waals surface area contributed by atoms with Gasteiger partial charge in [0.05, 0.1) is 4.90 Å². The van der Waals surface area contributed by atoms with Crippen molar-refractivity contribution < 1.29 is 13.2 Å². The molecule has 0 aliphatic carbocycles. The van der Waals surface area contributed by atoms with Crippen molar-refractivity contribution in [2.45, 2.75) is 44.6 Å². The molecule has 0 fully saturated rings. The van der Waals surface area contributed by atoms with Gasteiger partial charge in [0.1, 0.15) is 0 Å². The number of nitrogens with one attached hydrogen (secondary N) is 1. The van der Waals surface area contributed by atoms with Crippen molar-refractivity contribution in [2.24, 2.45) is 0 Å². The summed E-state index contributed by atoms with van der Waals surface area (Å²) in [4.78, 5) is 14.0. The lowest BCUT2D eigenvalue weighted by atomic mass is 10.2. The van der Waals surface area contributed by atoms with E-state index in [4.69, 9.17) is 0 Å². The molecule has 118 valence electrons. The fourth-order valence-corrected chi connectivity index (χ4v) is 3.19. The predicted molar refractivity (Wildman–Crippen MR) is 83.8 cm³/mol. The Bertz CT molecular complexity index is 582. The molecule has 1 aromatic carbocycles. The summed E-state index contributed by atoms with van der Waals surface area (Å²) in [7, 11) is -1.85. The molecule has 1 N–H and O–H groups in total. The maximum atomic E-state index is 12.3. The minimum absolute atomic E-state index is 0.117. The number of benzene rings is 1. The van der Waals surface area contributed by atoms with E-state index in [0.29, 0.717) is 12.1 Å². The van der Waals surface area contributed by atoms with Crippen LogP contribution in [0.2, 0.25) is 0 Å². The normalized spacial score (nSPS) is 11.7. The zero-order chi connectivity index (χ0) is 16.0. The molecule has 0 aromatic heterocycles. The van der Waals surface area contributed by atoms with Crippen LogP contribution in [0.3, 0.4) is 0 Å². The standard InChI is InChI=1S/C15H24N2O3S/c1-5-6-10-17(4)15(18)13-8-7-9-14(11-13)21(19,20)16-12(2)3/h7-9,11-12,16H,5-6,10H2,1-4H3. The van der Waals surface area contributed by atoms with Crippen LogP contribution in [0.5, 0.6) is 0 Å². The largest absolute Gasteiger partial charge is 0.342 e. The number of carbonyl (C=O) groups excluding carboxylic acids is 1. The Balaban J connectivity index is 2.98. The molecule has 0 unspecified atom stereocenters. The molecule has 0 heterocycles. The molecule has 0 saturated heterocycles. The molecule has 0 bridgehead atoms. The lowest BCUT2D eigenvalue weighted by molar-refractivity contribution is 0.0793. The molecule has 0 saturated carbocycles. The molecular formula is C15H24N2O3S. The smallest absolute Gasteiger partial charge is 0.253 e. The maximum Gasteiger partial charge on any atom is 0.253 e. The summed E-state index contributed by atoms with van der Waals surface area (Å²) in [6.07, 6.45) is 1.93. The SMILES string of the molecule is CCCCN(C)C(=O)c1cccc(S(=O)(=O)NC(C)C)c1. The molecule has 1 aromatic rings. The molecule has 0 atom stereocenters. The van der Waals surface area contributed by atoms with E-state index in [9.17, 15) is 13.2 Å². The molecule has 5 nitrogen and oxygen atoms in total. The van der Waals surface area contributed by atoms with E-state index in [1.807, 2.05) is 0 Å². The van der Waals surface area contributed by atoms with Gasteiger partial charge in [-0.1, -0.05) is 19.4 Å². The van der Waals surface area contributed by atoms with Crippen molar-refractivity contribution in [2.75, 3.05) is 13.6 Å². The minimum atomic E-state index is -3.58. The van der Waals surface area contributed by atoms with Crippen molar-refractivity contribution in [3.05, 3.63) is 29.8 Å². The van der Waals surface area contributed by atoms with E-state index >= 15 is 0 Å². The number of unbranched alkanes of at least 4 members (excludes halogenated alkanes) is 1. The first-order valence-corrected chi connectivity index (χ1v) is 8.64. The minimum Gasteiger partial charge on any atom is -0.342 e. The molecule has 1 amide bonds. The first-order chi connectivity index (χ1) is 9.77. The number of amides is 1. The van der Waals surface area contributed by atoms with Gasteiger partial charge in [-0.3, -0.25) is 4.79 Å². The monoisotopic (exact) mass is 312 g/mol. The van der Waals surface area contributed by atoms with Crippen molar-refractivity contribution in [1.29, 1.82) is 0 Å². The molecule has 0 spiro atoms. The summed E-state index contributed by atoms with van der Waals surface area (Å²) in [6, 6.07) is 5.96. The zero-order valence-corrected chi connectivity index (χ0v) is 13.9. The number of carbonyl (C=O) groups is 1. The van der Waals surface area contributed by atoms with Crippen LogP contribution in [0.25, 0.3) is 0 Å². The molecule has 0 aliphatic heterocycles. The van der Waals surface area contributed by atoms with Crippen LogP contribution in [0.4, 0.5) is 0 Å². The van der Waals surface area contributed by atoms with Crippen LogP contribution in [0.15, 0.2) is 29.2 Å². The summed E-state index contributed by atoms with van der Waals surface area (Å²) in [5.41, 5.74) is 0.389. The Labute approximate surface area is 127 Å². The quantitative estimate of drug-likeness (QED) is 0.839. The molecule has 21 heavy (non-hydrogen) atoms. The number of sulfonamides is 1. The number of nitrogens with zero attached hydrogens (tertiary/aromatic N) is 1. The predicted octanol–water partition coefficient (Wildman–Crippen LogP) is 2.25. The summed E-state index contributed by atoms with van der Waals surface area (Å²) in [5, 5.41) is 0. The van der Waals surface area contributed by atoms with Crippen molar-refractivity contribution in [3.63, 3.8) is 0 Å². The maximum absolute atomic E-state index is 12.3. The molecule has 1 rings (SSSR count).